The van der Waals surface area contributed by atoms with Crippen LogP contribution in [0.1, 0.15) is 45.4 Å². The first-order chi connectivity index (χ1) is 12.3. The molecule has 0 radical (unpaired) electrons. The van der Waals surface area contributed by atoms with Crippen LogP contribution >= 0.6 is 24.0 Å². The second-order valence-electron chi connectivity index (χ2n) is 7.38. The lowest BCUT2D eigenvalue weighted by Crippen LogP contribution is -2.40. The zero-order valence-corrected chi connectivity index (χ0v) is 18.2. The largest absolute Gasteiger partial charge is 0.357 e. The first kappa shape index (κ1) is 21.3. The minimum Gasteiger partial charge on any atom is -0.357 e. The Morgan fingerprint density at radius 2 is 1.92 bits per heavy atom. The minimum atomic E-state index is 0. The van der Waals surface area contributed by atoms with Crippen LogP contribution in [0.15, 0.2) is 34.2 Å². The number of aliphatic imine (C=N–C) groups is 1. The third kappa shape index (κ3) is 5.72. The monoisotopic (exact) mass is 472 g/mol. The highest BCUT2D eigenvalue weighted by Crippen LogP contribution is 2.35. The van der Waals surface area contributed by atoms with Crippen LogP contribution in [0.25, 0.3) is 0 Å². The molecule has 26 heavy (non-hydrogen) atoms. The van der Waals surface area contributed by atoms with Crippen LogP contribution in [0, 0.1) is 11.8 Å². The van der Waals surface area contributed by atoms with E-state index in [4.69, 9.17) is 4.99 Å². The van der Waals surface area contributed by atoms with Gasteiger partial charge in [-0.3, -0.25) is 9.79 Å². The van der Waals surface area contributed by atoms with Crippen molar-refractivity contribution in [1.82, 2.24) is 14.8 Å². The van der Waals surface area contributed by atoms with Crippen molar-refractivity contribution in [3.05, 3.63) is 34.7 Å². The first-order valence-corrected chi connectivity index (χ1v) is 9.96. The number of fused-ring (bicyclic) bond motifs is 1. The Bertz CT molecular complexity index is 616. The predicted octanol–water partition coefficient (Wildman–Crippen LogP) is 3.33. The van der Waals surface area contributed by atoms with Crippen LogP contribution in [-0.2, 0) is 6.54 Å². The van der Waals surface area contributed by atoms with Gasteiger partial charge in [-0.1, -0.05) is 18.9 Å². The molecule has 2 aliphatic rings. The fourth-order valence-electron chi connectivity index (χ4n) is 4.23. The number of aryl methyl sites for hydroxylation is 1. The summed E-state index contributed by atoms with van der Waals surface area (Å²) in [5.41, 5.74) is 0.0824. The average molecular weight is 472 g/mol. The number of guanidine groups is 1. The van der Waals surface area contributed by atoms with Gasteiger partial charge in [0.15, 0.2) is 5.96 Å². The molecule has 1 aromatic heterocycles. The van der Waals surface area contributed by atoms with E-state index in [1.807, 2.05) is 12.3 Å². The van der Waals surface area contributed by atoms with Gasteiger partial charge in [0.25, 0.3) is 0 Å². The molecule has 2 unspecified atom stereocenters. The third-order valence-corrected chi connectivity index (χ3v) is 5.58. The van der Waals surface area contributed by atoms with Crippen molar-refractivity contribution in [1.29, 1.82) is 0 Å². The zero-order chi connectivity index (χ0) is 17.5. The van der Waals surface area contributed by atoms with E-state index < -0.39 is 0 Å². The van der Waals surface area contributed by atoms with Crippen molar-refractivity contribution in [3.8, 4) is 0 Å². The number of nitrogens with zero attached hydrogens (tertiary/aromatic N) is 3. The van der Waals surface area contributed by atoms with Gasteiger partial charge in [0.2, 0.25) is 5.56 Å². The number of halogens is 1. The molecule has 1 N–H and O–H groups in total. The molecular formula is C20H33IN4O. The summed E-state index contributed by atoms with van der Waals surface area (Å²) in [6, 6.07) is 5.32. The lowest BCUT2D eigenvalue weighted by Gasteiger charge is -2.22. The number of hydrogen-bond donors (Lipinski definition) is 1. The molecule has 3 rings (SSSR count). The van der Waals surface area contributed by atoms with Crippen LogP contribution in [0.3, 0.4) is 0 Å². The maximum atomic E-state index is 11.7. The van der Waals surface area contributed by atoms with E-state index in [1.54, 1.807) is 16.7 Å². The lowest BCUT2D eigenvalue weighted by atomic mass is 9.82. The van der Waals surface area contributed by atoms with Crippen molar-refractivity contribution in [2.45, 2.75) is 52.0 Å². The quantitative estimate of drug-likeness (QED) is 0.299. The van der Waals surface area contributed by atoms with Gasteiger partial charge in [0.1, 0.15) is 0 Å². The van der Waals surface area contributed by atoms with Crippen LogP contribution < -0.4 is 10.9 Å². The summed E-state index contributed by atoms with van der Waals surface area (Å²) in [5, 5.41) is 3.47. The summed E-state index contributed by atoms with van der Waals surface area (Å²) in [4.78, 5) is 19.0. The van der Waals surface area contributed by atoms with E-state index in [0.29, 0.717) is 0 Å². The zero-order valence-electron chi connectivity index (χ0n) is 15.9. The molecule has 146 valence electrons. The first-order valence-electron chi connectivity index (χ1n) is 9.96. The van der Waals surface area contributed by atoms with Gasteiger partial charge in [0.05, 0.1) is 0 Å². The molecule has 1 aliphatic carbocycles. The molecule has 2 fully saturated rings. The van der Waals surface area contributed by atoms with Crippen LogP contribution in [-0.4, -0.2) is 41.6 Å². The standard InChI is InChI=1S/C20H32N4O.HI/c1-2-21-20(24-15-17-9-3-4-10-18(17)16-24)22-12-6-8-14-23-13-7-5-11-19(23)25;/h5,7,11,13,17-18H,2-4,6,8-10,12,14-16H2,1H3,(H,21,22);1H. The van der Waals surface area contributed by atoms with E-state index in [-0.39, 0.29) is 29.5 Å². The Balaban J connectivity index is 0.00000243. The van der Waals surface area contributed by atoms with E-state index >= 15 is 0 Å². The van der Waals surface area contributed by atoms with Crippen molar-refractivity contribution in [3.63, 3.8) is 0 Å². The second-order valence-corrected chi connectivity index (χ2v) is 7.38. The minimum absolute atomic E-state index is 0. The highest BCUT2D eigenvalue weighted by Gasteiger charge is 2.35. The van der Waals surface area contributed by atoms with Crippen LogP contribution in [0.2, 0.25) is 0 Å². The number of rotatable bonds is 6. The summed E-state index contributed by atoms with van der Waals surface area (Å²) in [7, 11) is 0. The van der Waals surface area contributed by atoms with E-state index in [1.165, 1.54) is 38.8 Å². The summed E-state index contributed by atoms with van der Waals surface area (Å²) < 4.78 is 1.78. The number of likely N-dealkylation sites (tertiary alicyclic amines) is 1. The maximum Gasteiger partial charge on any atom is 0.250 e. The van der Waals surface area contributed by atoms with Crippen molar-refractivity contribution in [2.24, 2.45) is 16.8 Å². The van der Waals surface area contributed by atoms with Gasteiger partial charge in [0, 0.05) is 45.0 Å². The Morgan fingerprint density at radius 1 is 1.19 bits per heavy atom. The molecule has 1 aromatic rings. The molecule has 2 heterocycles. The normalized spacial score (nSPS) is 22.7. The second kappa shape index (κ2) is 10.9. The summed E-state index contributed by atoms with van der Waals surface area (Å²) in [6.07, 6.45) is 9.46. The van der Waals surface area contributed by atoms with Gasteiger partial charge in [-0.25, -0.2) is 0 Å². The molecule has 6 heteroatoms. The van der Waals surface area contributed by atoms with Gasteiger partial charge < -0.3 is 14.8 Å². The van der Waals surface area contributed by atoms with Crippen molar-refractivity contribution in [2.75, 3.05) is 26.2 Å². The number of hydrogen-bond acceptors (Lipinski definition) is 2. The number of pyridine rings is 1. The van der Waals surface area contributed by atoms with Gasteiger partial charge >= 0.3 is 0 Å². The molecule has 0 aromatic carbocycles. The van der Waals surface area contributed by atoms with Crippen LogP contribution in [0.4, 0.5) is 0 Å². The summed E-state index contributed by atoms with van der Waals surface area (Å²) in [5.74, 6) is 2.85. The molecule has 0 amide bonds. The molecule has 2 atom stereocenters. The van der Waals surface area contributed by atoms with Crippen LogP contribution in [0.5, 0.6) is 0 Å². The lowest BCUT2D eigenvalue weighted by molar-refractivity contribution is 0.299. The van der Waals surface area contributed by atoms with Gasteiger partial charge in [-0.05, 0) is 50.5 Å². The smallest absolute Gasteiger partial charge is 0.250 e. The molecule has 1 saturated carbocycles. The topological polar surface area (TPSA) is 49.6 Å². The maximum absolute atomic E-state index is 11.7. The number of aromatic nitrogens is 1. The highest BCUT2D eigenvalue weighted by atomic mass is 127. The molecule has 5 nitrogen and oxygen atoms in total. The van der Waals surface area contributed by atoms with E-state index in [2.05, 4.69) is 17.1 Å². The van der Waals surface area contributed by atoms with E-state index in [9.17, 15) is 4.79 Å². The molecular weight excluding hydrogens is 439 g/mol. The SMILES string of the molecule is CCNC(=NCCCCn1ccccc1=O)N1CC2CCCCC2C1.I. The Morgan fingerprint density at radius 3 is 2.58 bits per heavy atom. The molecule has 0 bridgehead atoms. The summed E-state index contributed by atoms with van der Waals surface area (Å²) in [6.45, 7) is 7.02. The Kier molecular flexibility index (Phi) is 8.95. The fraction of sp³-hybridized carbons (Fsp3) is 0.700. The number of nitrogens with one attached hydrogen (secondary N) is 1. The fourth-order valence-corrected chi connectivity index (χ4v) is 4.23. The van der Waals surface area contributed by atoms with Gasteiger partial charge in [-0.2, -0.15) is 0 Å². The molecule has 0 spiro atoms. The highest BCUT2D eigenvalue weighted by molar-refractivity contribution is 14.0. The van der Waals surface area contributed by atoms with Crippen molar-refractivity contribution >= 4 is 29.9 Å². The van der Waals surface area contributed by atoms with Crippen molar-refractivity contribution < 1.29 is 0 Å². The van der Waals surface area contributed by atoms with E-state index in [0.717, 1.165) is 50.3 Å². The third-order valence-electron chi connectivity index (χ3n) is 5.58. The molecule has 1 saturated heterocycles. The Labute approximate surface area is 174 Å². The predicted molar refractivity (Wildman–Crippen MR) is 118 cm³/mol. The average Bonchev–Trinajstić information content (AvgIpc) is 3.06. The van der Waals surface area contributed by atoms with Gasteiger partial charge in [-0.15, -0.1) is 24.0 Å². The summed E-state index contributed by atoms with van der Waals surface area (Å²) >= 11 is 0. The Hall–Kier alpha value is -1.05. The number of unbranched alkanes of at least 4 members (excludes halogenated alkanes) is 1. The molecule has 1 aliphatic heterocycles.